The van der Waals surface area contributed by atoms with Crippen LogP contribution in [0.15, 0.2) is 48.0 Å². The molecule has 3 rings (SSSR count). The molecule has 0 aliphatic carbocycles. The van der Waals surface area contributed by atoms with Crippen molar-refractivity contribution in [3.8, 4) is 11.5 Å². The van der Waals surface area contributed by atoms with Gasteiger partial charge in [0, 0.05) is 30.8 Å². The molecule has 7 heteroatoms. The van der Waals surface area contributed by atoms with E-state index >= 15 is 0 Å². The standard InChI is InChI=1S/C23H25NO6/c1-14-5-7-15(8-6-14)21(25)19-20(24(11-12-28-2)23(27)22(19)26)17-10-9-16(29-3)13-18(17)30-4/h5-10,13,20,25H,11-12H2,1-4H3. The van der Waals surface area contributed by atoms with Crippen LogP contribution < -0.4 is 9.47 Å². The summed E-state index contributed by atoms with van der Waals surface area (Å²) < 4.78 is 15.9. The molecular weight excluding hydrogens is 386 g/mol. The van der Waals surface area contributed by atoms with Crippen LogP contribution in [0.5, 0.6) is 11.5 Å². The Kier molecular flexibility index (Phi) is 6.42. The Labute approximate surface area is 175 Å². The van der Waals surface area contributed by atoms with Crippen LogP contribution in [0.4, 0.5) is 0 Å². The summed E-state index contributed by atoms with van der Waals surface area (Å²) in [6, 6.07) is 11.4. The third kappa shape index (κ3) is 3.89. The molecule has 1 unspecified atom stereocenters. The number of amides is 1. The third-order valence-electron chi connectivity index (χ3n) is 5.14. The molecule has 1 saturated heterocycles. The van der Waals surface area contributed by atoms with E-state index in [1.165, 1.54) is 26.2 Å². The van der Waals surface area contributed by atoms with Gasteiger partial charge in [-0.05, 0) is 19.1 Å². The lowest BCUT2D eigenvalue weighted by atomic mass is 9.94. The fraction of sp³-hybridized carbons (Fsp3) is 0.304. The number of rotatable bonds is 7. The zero-order valence-electron chi connectivity index (χ0n) is 17.5. The summed E-state index contributed by atoms with van der Waals surface area (Å²) in [5.41, 5.74) is 2.06. The number of Topliss-reactive ketones (excluding diaryl/α,β-unsaturated/α-hetero) is 1. The third-order valence-corrected chi connectivity index (χ3v) is 5.14. The van der Waals surface area contributed by atoms with E-state index in [4.69, 9.17) is 14.2 Å². The van der Waals surface area contributed by atoms with Gasteiger partial charge in [-0.3, -0.25) is 9.59 Å². The fourth-order valence-corrected chi connectivity index (χ4v) is 3.53. The van der Waals surface area contributed by atoms with E-state index in [1.54, 1.807) is 30.3 Å². The number of hydrogen-bond donors (Lipinski definition) is 1. The molecule has 0 radical (unpaired) electrons. The first-order chi connectivity index (χ1) is 14.4. The summed E-state index contributed by atoms with van der Waals surface area (Å²) in [5, 5.41) is 11.0. The van der Waals surface area contributed by atoms with Crippen molar-refractivity contribution in [2.45, 2.75) is 13.0 Å². The average molecular weight is 411 g/mol. The number of benzene rings is 2. The highest BCUT2D eigenvalue weighted by Crippen LogP contribution is 2.43. The van der Waals surface area contributed by atoms with E-state index in [-0.39, 0.29) is 24.5 Å². The first kappa shape index (κ1) is 21.4. The monoisotopic (exact) mass is 411 g/mol. The molecule has 2 aromatic carbocycles. The van der Waals surface area contributed by atoms with Gasteiger partial charge in [-0.2, -0.15) is 0 Å². The second-order valence-corrected chi connectivity index (χ2v) is 6.96. The minimum Gasteiger partial charge on any atom is -0.507 e. The molecule has 0 spiro atoms. The second kappa shape index (κ2) is 9.00. The number of ketones is 1. The maximum atomic E-state index is 13.0. The van der Waals surface area contributed by atoms with Gasteiger partial charge >= 0.3 is 0 Å². The molecule has 1 amide bonds. The number of aryl methyl sites for hydroxylation is 1. The molecule has 7 nitrogen and oxygen atoms in total. The lowest BCUT2D eigenvalue weighted by Crippen LogP contribution is -2.32. The van der Waals surface area contributed by atoms with E-state index in [2.05, 4.69) is 0 Å². The summed E-state index contributed by atoms with van der Waals surface area (Å²) in [5.74, 6) is -0.645. The molecule has 1 fully saturated rings. The maximum Gasteiger partial charge on any atom is 0.295 e. The lowest BCUT2D eigenvalue weighted by molar-refractivity contribution is -0.140. The van der Waals surface area contributed by atoms with Gasteiger partial charge in [-0.15, -0.1) is 0 Å². The Morgan fingerprint density at radius 1 is 1.03 bits per heavy atom. The summed E-state index contributed by atoms with van der Waals surface area (Å²) in [7, 11) is 4.56. The van der Waals surface area contributed by atoms with Crippen molar-refractivity contribution in [1.29, 1.82) is 0 Å². The van der Waals surface area contributed by atoms with Crippen molar-refractivity contribution in [3.05, 3.63) is 64.7 Å². The van der Waals surface area contributed by atoms with Crippen LogP contribution in [0, 0.1) is 6.92 Å². The predicted molar refractivity (Wildman–Crippen MR) is 112 cm³/mol. The summed E-state index contributed by atoms with van der Waals surface area (Å²) in [6.45, 7) is 2.36. The molecule has 0 aromatic heterocycles. The second-order valence-electron chi connectivity index (χ2n) is 6.96. The van der Waals surface area contributed by atoms with E-state index < -0.39 is 17.7 Å². The van der Waals surface area contributed by atoms with Crippen LogP contribution in [-0.4, -0.2) is 56.2 Å². The van der Waals surface area contributed by atoms with E-state index in [0.29, 0.717) is 22.6 Å². The van der Waals surface area contributed by atoms with Crippen LogP contribution >= 0.6 is 0 Å². The van der Waals surface area contributed by atoms with Gasteiger partial charge in [0.1, 0.15) is 17.3 Å². The van der Waals surface area contributed by atoms with Gasteiger partial charge in [-0.25, -0.2) is 0 Å². The van der Waals surface area contributed by atoms with Gasteiger partial charge in [0.2, 0.25) is 0 Å². The van der Waals surface area contributed by atoms with E-state index in [1.807, 2.05) is 19.1 Å². The first-order valence-corrected chi connectivity index (χ1v) is 9.49. The first-order valence-electron chi connectivity index (χ1n) is 9.49. The average Bonchev–Trinajstić information content (AvgIpc) is 3.01. The van der Waals surface area contributed by atoms with Crippen LogP contribution in [0.1, 0.15) is 22.7 Å². The highest BCUT2D eigenvalue weighted by Gasteiger charge is 2.46. The van der Waals surface area contributed by atoms with Crippen LogP contribution in [0.3, 0.4) is 0 Å². The number of methoxy groups -OCH3 is 3. The number of aliphatic hydroxyl groups is 1. The molecule has 1 atom stereocenters. The Balaban J connectivity index is 2.21. The van der Waals surface area contributed by atoms with Crippen molar-refractivity contribution in [3.63, 3.8) is 0 Å². The number of carbonyl (C=O) groups excluding carboxylic acids is 2. The van der Waals surface area contributed by atoms with Crippen LogP contribution in [0.2, 0.25) is 0 Å². The zero-order valence-corrected chi connectivity index (χ0v) is 17.5. The minimum atomic E-state index is -0.817. The van der Waals surface area contributed by atoms with E-state index in [9.17, 15) is 14.7 Å². The Bertz CT molecular complexity index is 980. The Hall–Kier alpha value is -3.32. The molecule has 0 saturated carbocycles. The topological polar surface area (TPSA) is 85.3 Å². The van der Waals surface area contributed by atoms with Crippen LogP contribution in [-0.2, 0) is 14.3 Å². The number of nitrogens with zero attached hydrogens (tertiary/aromatic N) is 1. The molecule has 2 aromatic rings. The Morgan fingerprint density at radius 3 is 2.33 bits per heavy atom. The molecule has 0 bridgehead atoms. The van der Waals surface area contributed by atoms with Gasteiger partial charge < -0.3 is 24.2 Å². The molecule has 30 heavy (non-hydrogen) atoms. The van der Waals surface area contributed by atoms with Crippen molar-refractivity contribution >= 4 is 17.4 Å². The van der Waals surface area contributed by atoms with Crippen molar-refractivity contribution in [2.24, 2.45) is 0 Å². The summed E-state index contributed by atoms with van der Waals surface area (Å²) in [4.78, 5) is 27.2. The summed E-state index contributed by atoms with van der Waals surface area (Å²) >= 11 is 0. The fourth-order valence-electron chi connectivity index (χ4n) is 3.53. The summed E-state index contributed by atoms with van der Waals surface area (Å²) in [6.07, 6.45) is 0. The van der Waals surface area contributed by atoms with Crippen LogP contribution in [0.25, 0.3) is 5.76 Å². The smallest absolute Gasteiger partial charge is 0.295 e. The molecule has 1 heterocycles. The van der Waals surface area contributed by atoms with Gasteiger partial charge in [0.15, 0.2) is 0 Å². The quantitative estimate of drug-likeness (QED) is 0.428. The van der Waals surface area contributed by atoms with Gasteiger partial charge in [0.25, 0.3) is 11.7 Å². The van der Waals surface area contributed by atoms with Crippen molar-refractivity contribution in [1.82, 2.24) is 4.90 Å². The van der Waals surface area contributed by atoms with Gasteiger partial charge in [0.05, 0.1) is 32.4 Å². The predicted octanol–water partition coefficient (Wildman–Crippen LogP) is 3.08. The maximum absolute atomic E-state index is 13.0. The molecule has 1 aliphatic rings. The SMILES string of the molecule is COCCN1C(=O)C(=O)C(=C(O)c2ccc(C)cc2)C1c1ccc(OC)cc1OC. The largest absolute Gasteiger partial charge is 0.507 e. The highest BCUT2D eigenvalue weighted by atomic mass is 16.5. The minimum absolute atomic E-state index is 0.0171. The zero-order chi connectivity index (χ0) is 21.8. The van der Waals surface area contributed by atoms with Crippen molar-refractivity contribution < 1.29 is 28.9 Å². The number of aliphatic hydroxyl groups excluding tert-OH is 1. The van der Waals surface area contributed by atoms with Crippen molar-refractivity contribution in [2.75, 3.05) is 34.5 Å². The Morgan fingerprint density at radius 2 is 1.73 bits per heavy atom. The number of ether oxygens (including phenoxy) is 3. The highest BCUT2D eigenvalue weighted by molar-refractivity contribution is 6.46. The molecule has 1 aliphatic heterocycles. The van der Waals surface area contributed by atoms with Gasteiger partial charge in [-0.1, -0.05) is 29.8 Å². The number of carbonyl (C=O) groups is 2. The molecule has 158 valence electrons. The normalized spacial score (nSPS) is 18.0. The lowest BCUT2D eigenvalue weighted by Gasteiger charge is -2.26. The molecular formula is C23H25NO6. The number of hydrogen-bond acceptors (Lipinski definition) is 6. The van der Waals surface area contributed by atoms with E-state index in [0.717, 1.165) is 5.56 Å². The number of likely N-dealkylation sites (tertiary alicyclic amines) is 1. The molecule has 1 N–H and O–H groups in total.